The Morgan fingerprint density at radius 2 is 1.88 bits per heavy atom. The number of hydrogen-bond acceptors (Lipinski definition) is 12. The average molecular weight is 774 g/mol. The van der Waals surface area contributed by atoms with Crippen LogP contribution in [0.2, 0.25) is 0 Å². The summed E-state index contributed by atoms with van der Waals surface area (Å²) >= 11 is 0. The van der Waals surface area contributed by atoms with Crippen LogP contribution in [0.15, 0.2) is 30.5 Å². The first-order chi connectivity index (χ1) is 26.8. The fraction of sp³-hybridized carbons (Fsp3) is 0.512. The third-order valence-corrected chi connectivity index (χ3v) is 10.3. The number of carbonyl (C=O) groups excluding carboxylic acids is 1. The number of benzene rings is 2. The summed E-state index contributed by atoms with van der Waals surface area (Å²) in [6.07, 6.45) is 8.78. The number of morpholine rings is 1. The molecule has 2 aromatic carbocycles. The molecular weight excluding hydrogens is 724 g/mol. The quantitative estimate of drug-likeness (QED) is 0.159. The molecule has 0 radical (unpaired) electrons. The van der Waals surface area contributed by atoms with Gasteiger partial charge in [0.05, 0.1) is 36.8 Å². The van der Waals surface area contributed by atoms with Crippen molar-refractivity contribution in [2.45, 2.75) is 45.3 Å². The van der Waals surface area contributed by atoms with Gasteiger partial charge in [0.25, 0.3) is 0 Å². The predicted octanol–water partition coefficient (Wildman–Crippen LogP) is 5.22. The Kier molecular flexibility index (Phi) is 11.5. The Morgan fingerprint density at radius 1 is 1.09 bits per heavy atom. The molecule has 15 heteroatoms. The summed E-state index contributed by atoms with van der Waals surface area (Å²) in [6, 6.07) is 5.74. The third kappa shape index (κ3) is 8.89. The number of nitrogens with zero attached hydrogens (tertiary/aromatic N) is 6. The molecule has 4 aromatic rings. The highest BCUT2D eigenvalue weighted by atomic mass is 19.1. The van der Waals surface area contributed by atoms with E-state index in [1.807, 2.05) is 32.7 Å². The van der Waals surface area contributed by atoms with Crippen molar-refractivity contribution >= 4 is 33.6 Å². The van der Waals surface area contributed by atoms with E-state index in [1.54, 1.807) is 18.2 Å². The summed E-state index contributed by atoms with van der Waals surface area (Å²) in [4.78, 5) is 33.6. The molecule has 0 bridgehead atoms. The van der Waals surface area contributed by atoms with Crippen LogP contribution >= 0.6 is 0 Å². The smallest absolute Gasteiger partial charge is 0.407 e. The number of pyridine rings is 1. The number of rotatable bonds is 11. The zero-order chi connectivity index (χ0) is 39.6. The topological polar surface area (TPSA) is 124 Å². The normalized spacial score (nSPS) is 19.0. The highest BCUT2D eigenvalue weighted by molar-refractivity contribution is 6.03. The van der Waals surface area contributed by atoms with E-state index in [-0.39, 0.29) is 46.6 Å². The number of likely N-dealkylation sites (N-methyl/N-ethyl adjacent to an activating group) is 1. The van der Waals surface area contributed by atoms with Crippen LogP contribution in [0.1, 0.15) is 39.2 Å². The lowest BCUT2D eigenvalue weighted by atomic mass is 9.95. The van der Waals surface area contributed by atoms with Gasteiger partial charge in [-0.2, -0.15) is 9.97 Å². The number of carbonyl (C=O) groups is 1. The molecule has 1 N–H and O–H groups in total. The van der Waals surface area contributed by atoms with Crippen LogP contribution in [0.4, 0.5) is 19.4 Å². The van der Waals surface area contributed by atoms with Gasteiger partial charge in [-0.05, 0) is 64.2 Å². The van der Waals surface area contributed by atoms with Crippen molar-refractivity contribution in [3.05, 3.63) is 47.7 Å². The van der Waals surface area contributed by atoms with Crippen LogP contribution in [-0.4, -0.2) is 129 Å². The fourth-order valence-electron chi connectivity index (χ4n) is 7.37. The van der Waals surface area contributed by atoms with Gasteiger partial charge in [0.2, 0.25) is 0 Å². The molecule has 1 amide bonds. The molecule has 2 aliphatic heterocycles. The van der Waals surface area contributed by atoms with Crippen molar-refractivity contribution in [1.82, 2.24) is 30.1 Å². The van der Waals surface area contributed by atoms with Crippen molar-refractivity contribution < 1.29 is 37.3 Å². The standard InChI is InChI=1S/C41H49F2N7O6/c1-7-29-32(42)9-8-26-18-28(55-25-52-6)19-30(33(26)29)35-34(43)36-31(20-44-35)37(50-13-12-48(5)21-27(22-50)45-39(51)56-40(2,3)4)47-38(46-36)54-24-41(10-11-41)23-49-14-16-53-17-15-49/h1,8-9,18-20,27H,10-17,21-25H2,2-6H3,(H,45,51)/t27-/m1/s1. The van der Waals surface area contributed by atoms with E-state index < -0.39 is 23.3 Å². The van der Waals surface area contributed by atoms with E-state index >= 15 is 8.78 Å². The molecule has 298 valence electrons. The first-order valence-corrected chi connectivity index (χ1v) is 18.9. The van der Waals surface area contributed by atoms with Gasteiger partial charge in [-0.15, -0.1) is 6.42 Å². The SMILES string of the molecule is C#Cc1c(F)ccc2cc(OCOC)cc(-c3ncc4c(N5CCN(C)C[C@@H](NC(=O)OC(C)(C)C)C5)nc(OCC5(CN6CCOCC6)CC5)nc4c3F)c12. The zero-order valence-electron chi connectivity index (χ0n) is 32.6. The zero-order valence-corrected chi connectivity index (χ0v) is 32.6. The van der Waals surface area contributed by atoms with Crippen molar-refractivity contribution in [2.75, 3.05) is 91.5 Å². The van der Waals surface area contributed by atoms with E-state index in [2.05, 4.69) is 31.0 Å². The van der Waals surface area contributed by atoms with Crippen LogP contribution in [0, 0.1) is 29.4 Å². The molecule has 1 atom stereocenters. The van der Waals surface area contributed by atoms with Gasteiger partial charge in [-0.3, -0.25) is 9.88 Å². The van der Waals surface area contributed by atoms with E-state index in [9.17, 15) is 4.79 Å². The number of hydrogen-bond donors (Lipinski definition) is 1. The Hall–Kier alpha value is -4.88. The maximum absolute atomic E-state index is 17.3. The first-order valence-electron chi connectivity index (χ1n) is 18.9. The summed E-state index contributed by atoms with van der Waals surface area (Å²) < 4.78 is 60.9. The number of nitrogens with one attached hydrogen (secondary N) is 1. The highest BCUT2D eigenvalue weighted by Crippen LogP contribution is 2.47. The number of halogens is 2. The molecular formula is C41H49F2N7O6. The van der Waals surface area contributed by atoms with E-state index in [0.29, 0.717) is 73.7 Å². The molecule has 3 fully saturated rings. The molecule has 13 nitrogen and oxygen atoms in total. The number of ether oxygens (including phenoxy) is 5. The second kappa shape index (κ2) is 16.3. The van der Waals surface area contributed by atoms with Crippen LogP contribution in [0.25, 0.3) is 32.9 Å². The van der Waals surface area contributed by atoms with Crippen LogP contribution in [0.3, 0.4) is 0 Å². The summed E-state index contributed by atoms with van der Waals surface area (Å²) in [5.74, 6) is 1.81. The number of fused-ring (bicyclic) bond motifs is 2. The van der Waals surface area contributed by atoms with E-state index in [1.165, 1.54) is 19.4 Å². The van der Waals surface area contributed by atoms with Gasteiger partial charge in [-0.1, -0.05) is 12.0 Å². The largest absolute Gasteiger partial charge is 0.468 e. The number of terminal acetylenes is 1. The minimum absolute atomic E-state index is 0.0171. The van der Waals surface area contributed by atoms with Crippen LogP contribution in [0.5, 0.6) is 11.8 Å². The number of anilines is 1. The van der Waals surface area contributed by atoms with Crippen molar-refractivity contribution in [3.63, 3.8) is 0 Å². The lowest BCUT2D eigenvalue weighted by molar-refractivity contribution is 0.0231. The Morgan fingerprint density at radius 3 is 2.59 bits per heavy atom. The lowest BCUT2D eigenvalue weighted by Crippen LogP contribution is -2.48. The summed E-state index contributed by atoms with van der Waals surface area (Å²) in [7, 11) is 3.46. The Balaban J connectivity index is 1.32. The average Bonchev–Trinajstić information content (AvgIpc) is 3.95. The third-order valence-electron chi connectivity index (χ3n) is 10.3. The number of alkyl carbamates (subject to hydrolysis) is 1. The van der Waals surface area contributed by atoms with Crippen molar-refractivity contribution in [2.24, 2.45) is 5.41 Å². The summed E-state index contributed by atoms with van der Waals surface area (Å²) in [5.41, 5.74) is -0.681. The maximum Gasteiger partial charge on any atom is 0.407 e. The van der Waals surface area contributed by atoms with Gasteiger partial charge < -0.3 is 38.8 Å². The molecule has 7 rings (SSSR count). The summed E-state index contributed by atoms with van der Waals surface area (Å²) in [6.45, 7) is 11.7. The molecule has 0 spiro atoms. The molecule has 0 unspecified atom stereocenters. The first kappa shape index (κ1) is 39.4. The van der Waals surface area contributed by atoms with E-state index in [0.717, 1.165) is 32.5 Å². The maximum atomic E-state index is 17.3. The molecule has 3 aliphatic rings. The molecule has 1 saturated carbocycles. The summed E-state index contributed by atoms with van der Waals surface area (Å²) in [5, 5.41) is 4.18. The second-order valence-electron chi connectivity index (χ2n) is 15.9. The van der Waals surface area contributed by atoms with Gasteiger partial charge in [0.1, 0.15) is 34.2 Å². The molecule has 56 heavy (non-hydrogen) atoms. The van der Waals surface area contributed by atoms with Crippen molar-refractivity contribution in [3.8, 4) is 35.4 Å². The Labute approximate surface area is 325 Å². The monoisotopic (exact) mass is 773 g/mol. The number of amides is 1. The number of methoxy groups -OCH3 is 1. The predicted molar refractivity (Wildman–Crippen MR) is 208 cm³/mol. The van der Waals surface area contributed by atoms with Crippen LogP contribution < -0.4 is 19.7 Å². The van der Waals surface area contributed by atoms with Gasteiger partial charge >= 0.3 is 12.1 Å². The molecule has 4 heterocycles. The van der Waals surface area contributed by atoms with Gasteiger partial charge in [0.15, 0.2) is 12.6 Å². The number of aromatic nitrogens is 3. The minimum Gasteiger partial charge on any atom is -0.468 e. The van der Waals surface area contributed by atoms with Crippen molar-refractivity contribution in [1.29, 1.82) is 0 Å². The lowest BCUT2D eigenvalue weighted by Gasteiger charge is -2.30. The second-order valence-corrected chi connectivity index (χ2v) is 15.9. The highest BCUT2D eigenvalue weighted by Gasteiger charge is 2.45. The van der Waals surface area contributed by atoms with E-state index in [4.69, 9.17) is 35.1 Å². The minimum atomic E-state index is -0.766. The fourth-order valence-corrected chi connectivity index (χ4v) is 7.37. The van der Waals surface area contributed by atoms with Gasteiger partial charge in [-0.25, -0.2) is 13.6 Å². The van der Waals surface area contributed by atoms with Crippen LogP contribution in [-0.2, 0) is 14.2 Å². The molecule has 2 aromatic heterocycles. The molecule has 1 aliphatic carbocycles. The Bertz CT molecular complexity index is 2130. The molecule has 2 saturated heterocycles. The van der Waals surface area contributed by atoms with Gasteiger partial charge in [0, 0.05) is 75.5 Å².